The molecular formula is C19H15F8NO3S. The zero-order chi connectivity index (χ0) is 24.1. The quantitative estimate of drug-likeness (QED) is 0.560. The Morgan fingerprint density at radius 1 is 1.03 bits per heavy atom. The van der Waals surface area contributed by atoms with Crippen LogP contribution in [0.4, 0.5) is 46.5 Å². The van der Waals surface area contributed by atoms with E-state index in [2.05, 4.69) is 0 Å². The topological polar surface area (TPSA) is 57.6 Å². The normalized spacial score (nSPS) is 21.2. The van der Waals surface area contributed by atoms with Gasteiger partial charge in [0.05, 0.1) is 16.1 Å². The van der Waals surface area contributed by atoms with E-state index in [9.17, 15) is 44.3 Å². The second-order valence-electron chi connectivity index (χ2n) is 7.23. The van der Waals surface area contributed by atoms with Gasteiger partial charge in [-0.2, -0.15) is 26.3 Å². The third-order valence-electron chi connectivity index (χ3n) is 5.00. The van der Waals surface area contributed by atoms with Crippen molar-refractivity contribution in [3.05, 3.63) is 47.8 Å². The number of phenols is 1. The highest BCUT2D eigenvalue weighted by molar-refractivity contribution is 7.92. The number of halogens is 8. The molecule has 1 aliphatic heterocycles. The van der Waals surface area contributed by atoms with Gasteiger partial charge in [0.15, 0.2) is 0 Å². The van der Waals surface area contributed by atoms with Crippen LogP contribution in [0.5, 0.6) is 5.75 Å². The van der Waals surface area contributed by atoms with E-state index in [0.717, 1.165) is 29.2 Å². The predicted molar refractivity (Wildman–Crippen MR) is 97.4 cm³/mol. The van der Waals surface area contributed by atoms with Crippen LogP contribution in [0.15, 0.2) is 41.3 Å². The molecule has 2 atom stereocenters. The van der Waals surface area contributed by atoms with Crippen LogP contribution in [0, 0.1) is 11.7 Å². The molecule has 0 fully saturated rings. The number of benzene rings is 2. The van der Waals surface area contributed by atoms with Gasteiger partial charge < -0.3 is 10.0 Å². The van der Waals surface area contributed by atoms with E-state index in [1.807, 2.05) is 0 Å². The summed E-state index contributed by atoms with van der Waals surface area (Å²) in [6.45, 7) is -0.739. The van der Waals surface area contributed by atoms with E-state index in [4.69, 9.17) is 0 Å². The van der Waals surface area contributed by atoms with E-state index in [1.54, 1.807) is 0 Å². The van der Waals surface area contributed by atoms with Crippen molar-refractivity contribution in [1.29, 1.82) is 0 Å². The minimum atomic E-state index is -5.12. The Morgan fingerprint density at radius 3 is 2.16 bits per heavy atom. The minimum absolute atomic E-state index is 0.0761. The van der Waals surface area contributed by atoms with E-state index < -0.39 is 80.7 Å². The van der Waals surface area contributed by atoms with Gasteiger partial charge in [-0.15, -0.1) is 0 Å². The fourth-order valence-electron chi connectivity index (χ4n) is 3.45. The molecule has 0 spiro atoms. The number of aromatic hydroxyl groups is 1. The zero-order valence-corrected chi connectivity index (χ0v) is 16.7. The fourth-order valence-corrected chi connectivity index (χ4v) is 5.16. The number of hydrogen-bond acceptors (Lipinski definition) is 4. The lowest BCUT2D eigenvalue weighted by molar-refractivity contribution is -0.139. The predicted octanol–water partition coefficient (Wildman–Crippen LogP) is 5.73. The summed E-state index contributed by atoms with van der Waals surface area (Å²) in [4.78, 5) is -0.143. The van der Waals surface area contributed by atoms with Gasteiger partial charge in [0, 0.05) is 30.6 Å². The first-order valence-electron chi connectivity index (χ1n) is 9.03. The summed E-state index contributed by atoms with van der Waals surface area (Å²) >= 11 is 0. The average molecular weight is 489 g/mol. The molecule has 0 aromatic heterocycles. The monoisotopic (exact) mass is 489 g/mol. The molecule has 0 bridgehead atoms. The van der Waals surface area contributed by atoms with Crippen molar-refractivity contribution in [2.75, 3.05) is 11.4 Å². The lowest BCUT2D eigenvalue weighted by atomic mass is 10.0. The fraction of sp³-hybridized carbons (Fsp3) is 0.368. The molecule has 3 rings (SSSR count). The van der Waals surface area contributed by atoms with Gasteiger partial charge in [-0.25, -0.2) is 17.2 Å². The minimum Gasteiger partial charge on any atom is -0.507 e. The van der Waals surface area contributed by atoms with Crippen molar-refractivity contribution in [3.63, 3.8) is 0 Å². The lowest BCUT2D eigenvalue weighted by Crippen LogP contribution is -2.32. The van der Waals surface area contributed by atoms with Gasteiger partial charge in [0.2, 0.25) is 15.3 Å². The van der Waals surface area contributed by atoms with Gasteiger partial charge in [0.1, 0.15) is 11.6 Å². The standard InChI is InChI=1S/C19H15F8NO3S/c20-11-1-3-12(4-2-11)28-9-10(5-6-18(22,23)24)17(21)32(30,31)16-8-15(29)13(7-14(16)28)19(25,26)27/h1-4,7-8,10,17,29H,5-6,9H2/t10-,17+/m0/s1. The van der Waals surface area contributed by atoms with Crippen LogP contribution in [-0.4, -0.2) is 31.7 Å². The number of fused-ring (bicyclic) bond motifs is 1. The highest BCUT2D eigenvalue weighted by Gasteiger charge is 2.45. The van der Waals surface area contributed by atoms with E-state index in [0.29, 0.717) is 0 Å². The van der Waals surface area contributed by atoms with Gasteiger partial charge in [-0.05, 0) is 36.8 Å². The number of alkyl halides is 7. The molecule has 13 heteroatoms. The Hall–Kier alpha value is -2.57. The van der Waals surface area contributed by atoms with Crippen LogP contribution in [0.1, 0.15) is 18.4 Å². The maximum absolute atomic E-state index is 15.0. The Kier molecular flexibility index (Phi) is 6.09. The van der Waals surface area contributed by atoms with E-state index in [-0.39, 0.29) is 17.8 Å². The summed E-state index contributed by atoms with van der Waals surface area (Å²) in [5.74, 6) is -4.01. The Morgan fingerprint density at radius 2 is 1.62 bits per heavy atom. The molecule has 2 aromatic carbocycles. The molecule has 0 amide bonds. The first kappa shape index (κ1) is 24.1. The molecule has 0 saturated heterocycles. The van der Waals surface area contributed by atoms with E-state index >= 15 is 4.39 Å². The van der Waals surface area contributed by atoms with Gasteiger partial charge >= 0.3 is 12.4 Å². The van der Waals surface area contributed by atoms with E-state index in [1.165, 1.54) is 0 Å². The molecular weight excluding hydrogens is 474 g/mol. The Labute approximate surface area is 177 Å². The highest BCUT2D eigenvalue weighted by atomic mass is 32.2. The molecule has 1 aliphatic rings. The molecule has 32 heavy (non-hydrogen) atoms. The molecule has 4 nitrogen and oxygen atoms in total. The number of nitrogens with zero attached hydrogens (tertiary/aromatic N) is 1. The number of sulfone groups is 1. The van der Waals surface area contributed by atoms with Crippen LogP contribution in [0.25, 0.3) is 0 Å². The maximum atomic E-state index is 15.0. The van der Waals surface area contributed by atoms with Crippen molar-refractivity contribution < 1.29 is 48.6 Å². The average Bonchev–Trinajstić information content (AvgIpc) is 2.74. The number of hydrogen-bond donors (Lipinski definition) is 1. The van der Waals surface area contributed by atoms with Crippen LogP contribution >= 0.6 is 0 Å². The van der Waals surface area contributed by atoms with Crippen LogP contribution in [-0.2, 0) is 16.0 Å². The lowest BCUT2D eigenvalue weighted by Gasteiger charge is -2.28. The third kappa shape index (κ3) is 4.76. The summed E-state index contributed by atoms with van der Waals surface area (Å²) in [7, 11) is -5.09. The van der Waals surface area contributed by atoms with Crippen molar-refractivity contribution >= 4 is 21.2 Å². The van der Waals surface area contributed by atoms with Crippen LogP contribution in [0.3, 0.4) is 0 Å². The van der Waals surface area contributed by atoms with Crippen LogP contribution in [0.2, 0.25) is 0 Å². The zero-order valence-electron chi connectivity index (χ0n) is 15.9. The van der Waals surface area contributed by atoms with Gasteiger partial charge in [-0.3, -0.25) is 0 Å². The Bertz CT molecular complexity index is 1100. The van der Waals surface area contributed by atoms with Crippen molar-refractivity contribution in [2.24, 2.45) is 5.92 Å². The molecule has 1 heterocycles. The second-order valence-corrected chi connectivity index (χ2v) is 9.21. The summed E-state index contributed by atoms with van der Waals surface area (Å²) in [6.07, 6.45) is -12.3. The van der Waals surface area contributed by atoms with Crippen LogP contribution < -0.4 is 4.90 Å². The first-order valence-corrected chi connectivity index (χ1v) is 10.6. The smallest absolute Gasteiger partial charge is 0.420 e. The van der Waals surface area contributed by atoms with Gasteiger partial charge in [0.25, 0.3) is 0 Å². The number of anilines is 2. The molecule has 0 radical (unpaired) electrons. The summed E-state index contributed by atoms with van der Waals surface area (Å²) in [5, 5.41) is 9.76. The molecule has 0 saturated carbocycles. The summed E-state index contributed by atoms with van der Waals surface area (Å²) in [5.41, 5.74) is -5.28. The SMILES string of the molecule is O=S1(=O)c2cc(O)c(C(F)(F)F)cc2N(c2ccc(F)cc2)C[C@H](CCC(F)(F)F)[C@@H]1F. The molecule has 1 N–H and O–H groups in total. The number of phenolic OH excluding ortho intramolecular Hbond substituents is 1. The largest absolute Gasteiger partial charge is 0.507 e. The summed E-state index contributed by atoms with van der Waals surface area (Å²) < 4.78 is 132. The Balaban J connectivity index is 2.24. The van der Waals surface area contributed by atoms with Crippen molar-refractivity contribution in [2.45, 2.75) is 35.6 Å². The van der Waals surface area contributed by atoms with Crippen molar-refractivity contribution in [3.8, 4) is 5.75 Å². The van der Waals surface area contributed by atoms with Gasteiger partial charge in [-0.1, -0.05) is 0 Å². The number of rotatable bonds is 3. The van der Waals surface area contributed by atoms with Crippen molar-refractivity contribution in [1.82, 2.24) is 0 Å². The third-order valence-corrected chi connectivity index (χ3v) is 6.92. The molecule has 2 aromatic rings. The second kappa shape index (κ2) is 8.09. The molecule has 0 aliphatic carbocycles. The highest BCUT2D eigenvalue weighted by Crippen LogP contribution is 2.47. The summed E-state index contributed by atoms with van der Waals surface area (Å²) in [6, 6.07) is 4.43. The molecule has 0 unspecified atom stereocenters. The maximum Gasteiger partial charge on any atom is 0.420 e. The first-order chi connectivity index (χ1) is 14.6. The molecule has 176 valence electrons.